The fourth-order valence-electron chi connectivity index (χ4n) is 9.34. The van der Waals surface area contributed by atoms with Gasteiger partial charge in [0.15, 0.2) is 0 Å². The number of hydrogen-bond acceptors (Lipinski definition) is 1. The molecule has 0 saturated carbocycles. The number of nitrogens with one attached hydrogen (secondary N) is 1. The predicted molar refractivity (Wildman–Crippen MR) is 231 cm³/mol. The highest BCUT2D eigenvalue weighted by Gasteiger charge is 2.35. The Morgan fingerprint density at radius 1 is 0.685 bits per heavy atom. The van der Waals surface area contributed by atoms with Crippen LogP contribution < -0.4 is 5.32 Å². The number of allylic oxidation sites excluding steroid dienone is 15. The molecular weight excluding hydrogens is 651 g/mol. The monoisotopic (exact) mass is 693 g/mol. The van der Waals surface area contributed by atoms with Crippen molar-refractivity contribution in [2.24, 2.45) is 11.8 Å². The van der Waals surface area contributed by atoms with E-state index in [-0.39, 0.29) is 0 Å². The van der Waals surface area contributed by atoms with Crippen molar-refractivity contribution in [3.63, 3.8) is 0 Å². The highest BCUT2D eigenvalue weighted by atomic mass is 14.9. The van der Waals surface area contributed by atoms with Crippen molar-refractivity contribution in [2.45, 2.75) is 26.2 Å². The van der Waals surface area contributed by atoms with Crippen LogP contribution >= 0.6 is 0 Å². The fourth-order valence-corrected chi connectivity index (χ4v) is 9.34. The molecule has 0 bridgehead atoms. The summed E-state index contributed by atoms with van der Waals surface area (Å²) in [6.45, 7) is 7.90. The molecule has 54 heavy (non-hydrogen) atoms. The molecule has 1 heterocycles. The Morgan fingerprint density at radius 3 is 2.26 bits per heavy atom. The van der Waals surface area contributed by atoms with E-state index in [9.17, 15) is 0 Å². The van der Waals surface area contributed by atoms with E-state index in [0.717, 1.165) is 36.9 Å². The maximum Gasteiger partial charge on any atom is 0.0185 e. The summed E-state index contributed by atoms with van der Waals surface area (Å²) in [6, 6.07) is 36.3. The summed E-state index contributed by atoms with van der Waals surface area (Å²) >= 11 is 0. The lowest BCUT2D eigenvalue weighted by Gasteiger charge is -2.19. The van der Waals surface area contributed by atoms with Crippen LogP contribution in [-0.2, 0) is 0 Å². The van der Waals surface area contributed by atoms with E-state index in [2.05, 4.69) is 176 Å². The second kappa shape index (κ2) is 13.3. The van der Waals surface area contributed by atoms with E-state index < -0.39 is 0 Å². The summed E-state index contributed by atoms with van der Waals surface area (Å²) in [4.78, 5) is 0. The summed E-state index contributed by atoms with van der Waals surface area (Å²) in [5.41, 5.74) is 20.6. The molecule has 0 spiro atoms. The lowest BCUT2D eigenvalue weighted by Crippen LogP contribution is -2.09. The van der Waals surface area contributed by atoms with Crippen molar-refractivity contribution in [3.8, 4) is 44.5 Å². The van der Waals surface area contributed by atoms with Gasteiger partial charge in [0.1, 0.15) is 0 Å². The van der Waals surface area contributed by atoms with Gasteiger partial charge in [-0.25, -0.2) is 0 Å². The Kier molecular flexibility index (Phi) is 8.02. The van der Waals surface area contributed by atoms with E-state index in [4.69, 9.17) is 6.58 Å². The predicted octanol–water partition coefficient (Wildman–Crippen LogP) is 13.6. The van der Waals surface area contributed by atoms with Crippen molar-refractivity contribution in [1.82, 2.24) is 5.32 Å². The Bertz CT molecular complexity index is 2610. The quantitative estimate of drug-likeness (QED) is 0.164. The Morgan fingerprint density at radius 2 is 1.44 bits per heavy atom. The van der Waals surface area contributed by atoms with Gasteiger partial charge in [-0.1, -0.05) is 152 Å². The van der Waals surface area contributed by atoms with E-state index in [1.807, 2.05) is 0 Å². The largest absolute Gasteiger partial charge is 0.388 e. The van der Waals surface area contributed by atoms with Gasteiger partial charge in [-0.05, 0) is 139 Å². The third kappa shape index (κ3) is 5.55. The van der Waals surface area contributed by atoms with Gasteiger partial charge in [0.05, 0.1) is 0 Å². The highest BCUT2D eigenvalue weighted by molar-refractivity contribution is 6.18. The molecule has 1 heteroatoms. The second-order valence-corrected chi connectivity index (χ2v) is 15.2. The summed E-state index contributed by atoms with van der Waals surface area (Å²) in [5.74, 6) is 0.794. The van der Waals surface area contributed by atoms with E-state index in [1.54, 1.807) is 0 Å². The number of fused-ring (bicyclic) bond motifs is 6. The first kappa shape index (κ1) is 32.5. The zero-order valence-electron chi connectivity index (χ0n) is 30.8. The summed E-state index contributed by atoms with van der Waals surface area (Å²) in [5, 5.41) is 6.09. The lowest BCUT2D eigenvalue weighted by atomic mass is 9.85. The van der Waals surface area contributed by atoms with E-state index in [1.165, 1.54) is 88.8 Å². The van der Waals surface area contributed by atoms with Crippen LogP contribution in [0, 0.1) is 11.8 Å². The molecule has 0 aromatic heterocycles. The van der Waals surface area contributed by atoms with Gasteiger partial charge in [-0.2, -0.15) is 0 Å². The first-order valence-corrected chi connectivity index (χ1v) is 19.5. The van der Waals surface area contributed by atoms with Crippen LogP contribution in [-0.4, -0.2) is 6.54 Å². The summed E-state index contributed by atoms with van der Waals surface area (Å²) in [6.07, 6.45) is 28.4. The van der Waals surface area contributed by atoms with Gasteiger partial charge in [-0.15, -0.1) is 0 Å². The van der Waals surface area contributed by atoms with Crippen molar-refractivity contribution in [2.75, 3.05) is 6.54 Å². The fraction of sp³-hybridized carbons (Fsp3) is 0.132. The van der Waals surface area contributed by atoms with Crippen LogP contribution in [0.15, 0.2) is 192 Å². The smallest absolute Gasteiger partial charge is 0.0185 e. The zero-order valence-corrected chi connectivity index (χ0v) is 30.8. The van der Waals surface area contributed by atoms with Crippen LogP contribution in [0.3, 0.4) is 0 Å². The molecule has 260 valence electrons. The number of benzene rings is 5. The van der Waals surface area contributed by atoms with Crippen molar-refractivity contribution in [1.29, 1.82) is 0 Å². The van der Waals surface area contributed by atoms with Crippen molar-refractivity contribution in [3.05, 3.63) is 204 Å². The standard InChI is InChI=1S/C53H43N/c1-34(19-26-49-45-12-5-3-4-11-43(45)44-13-6-7-14-46(44)49)39-31-40(38-24-21-36(22-25-38)20-23-37-29-30-54-35(37)2)33-41(32-39)42-27-28-52-48-16-9-8-15-47(48)51-18-10-17-50(42)53(51)52/h3-4,6-11,13-28,31-33,44,46,54H,1,5,12,29-30H2,2H3/b23-20-,26-19-. The molecule has 0 radical (unpaired) electrons. The third-order valence-corrected chi connectivity index (χ3v) is 12.1. The van der Waals surface area contributed by atoms with Crippen LogP contribution in [0.2, 0.25) is 0 Å². The lowest BCUT2D eigenvalue weighted by molar-refractivity contribution is 0.656. The first-order chi connectivity index (χ1) is 26.6. The topological polar surface area (TPSA) is 12.0 Å². The van der Waals surface area contributed by atoms with Gasteiger partial charge in [0.25, 0.3) is 0 Å². The van der Waals surface area contributed by atoms with Crippen LogP contribution in [0.4, 0.5) is 0 Å². The molecule has 0 fully saturated rings. The van der Waals surface area contributed by atoms with Gasteiger partial charge >= 0.3 is 0 Å². The average molecular weight is 694 g/mol. The van der Waals surface area contributed by atoms with Crippen LogP contribution in [0.1, 0.15) is 37.3 Å². The van der Waals surface area contributed by atoms with Gasteiger partial charge in [0.2, 0.25) is 0 Å². The average Bonchev–Trinajstić information content (AvgIpc) is 3.80. The molecule has 10 rings (SSSR count). The van der Waals surface area contributed by atoms with E-state index in [0.29, 0.717) is 11.8 Å². The molecule has 2 atom stereocenters. The molecule has 5 aromatic rings. The Labute approximate surface area is 319 Å². The highest BCUT2D eigenvalue weighted by Crippen LogP contribution is 2.50. The molecule has 1 nitrogen and oxygen atoms in total. The molecule has 2 unspecified atom stereocenters. The second-order valence-electron chi connectivity index (χ2n) is 15.2. The molecule has 5 aliphatic rings. The minimum atomic E-state index is 0.379. The SMILES string of the molecule is C=C(/C=C\C1=C2CCC=CC=C2C2C=CC=CC12)c1cc(-c2ccc(/C=C\C3=C(C)NCC3)cc2)cc(-c2ccc3c4c(cccc24)-c2ccccc2-3)c1. The van der Waals surface area contributed by atoms with Crippen molar-refractivity contribution < 1.29 is 0 Å². The van der Waals surface area contributed by atoms with Gasteiger partial charge < -0.3 is 5.32 Å². The molecule has 4 aliphatic carbocycles. The molecular formula is C53H43N. The number of rotatable bonds is 7. The van der Waals surface area contributed by atoms with Gasteiger partial charge in [0, 0.05) is 24.1 Å². The van der Waals surface area contributed by atoms with Crippen LogP contribution in [0.25, 0.3) is 66.9 Å². The molecule has 0 saturated heterocycles. The molecule has 5 aromatic carbocycles. The van der Waals surface area contributed by atoms with E-state index >= 15 is 0 Å². The Balaban J connectivity index is 1.06. The normalized spacial score (nSPS) is 19.5. The maximum absolute atomic E-state index is 4.71. The zero-order chi connectivity index (χ0) is 36.2. The van der Waals surface area contributed by atoms with Crippen molar-refractivity contribution >= 4 is 22.4 Å². The van der Waals surface area contributed by atoms with Crippen LogP contribution in [0.5, 0.6) is 0 Å². The minimum absolute atomic E-state index is 0.379. The van der Waals surface area contributed by atoms with Gasteiger partial charge in [-0.3, -0.25) is 0 Å². The third-order valence-electron chi connectivity index (χ3n) is 12.1. The number of hydrogen-bond donors (Lipinski definition) is 1. The Hall–Kier alpha value is -6.18. The maximum atomic E-state index is 4.71. The summed E-state index contributed by atoms with van der Waals surface area (Å²) in [7, 11) is 0. The summed E-state index contributed by atoms with van der Waals surface area (Å²) < 4.78 is 0. The minimum Gasteiger partial charge on any atom is -0.388 e. The molecule has 0 amide bonds. The molecule has 1 aliphatic heterocycles. The first-order valence-electron chi connectivity index (χ1n) is 19.5. The molecule has 1 N–H and O–H groups in total.